The summed E-state index contributed by atoms with van der Waals surface area (Å²) in [5, 5.41) is 22.3. The first kappa shape index (κ1) is 21.9. The molecule has 0 aliphatic heterocycles. The van der Waals surface area contributed by atoms with Crippen LogP contribution in [0.3, 0.4) is 0 Å². The Labute approximate surface area is 152 Å². The Morgan fingerprint density at radius 2 is 1.08 bits per heavy atom. The summed E-state index contributed by atoms with van der Waals surface area (Å²) < 4.78 is 0. The minimum absolute atomic E-state index is 0.0595. The predicted octanol–water partition coefficient (Wildman–Crippen LogP) is 4.16. The van der Waals surface area contributed by atoms with E-state index in [0.717, 1.165) is 77.3 Å². The van der Waals surface area contributed by atoms with Crippen molar-refractivity contribution in [2.24, 2.45) is 23.7 Å². The smallest absolute Gasteiger partial charge is 0.307 e. The summed E-state index contributed by atoms with van der Waals surface area (Å²) in [6.45, 7) is 6.39. The van der Waals surface area contributed by atoms with Gasteiger partial charge < -0.3 is 15.5 Å². The van der Waals surface area contributed by atoms with E-state index in [4.69, 9.17) is 0 Å². The van der Waals surface area contributed by atoms with E-state index in [1.54, 1.807) is 0 Å². The van der Waals surface area contributed by atoms with Gasteiger partial charge in [-0.05, 0) is 50.6 Å². The molecular weight excluding hydrogens is 318 g/mol. The van der Waals surface area contributed by atoms with Gasteiger partial charge in [0.15, 0.2) is 0 Å². The Kier molecular flexibility index (Phi) is 10.8. The lowest BCUT2D eigenvalue weighted by atomic mass is 9.67. The number of aliphatic carboxylic acids is 2. The van der Waals surface area contributed by atoms with Crippen LogP contribution in [0, 0.1) is 23.7 Å². The minimum atomic E-state index is -0.894. The lowest BCUT2D eigenvalue weighted by Crippen LogP contribution is -2.41. The van der Waals surface area contributed by atoms with Crippen LogP contribution in [0.4, 0.5) is 0 Å². The molecule has 25 heavy (non-hydrogen) atoms. The standard InChI is InChI=1S/C16H26O4.C4H11N/c17-15(18)13(11-7-3-1-4-8-11)14(16(19)20)12-9-5-2-6-10-12;1-3-5-4-2/h11-14H,1-10H2,(H,17,18)(H,19,20);5H,3-4H2,1-2H3. The van der Waals surface area contributed by atoms with Crippen LogP contribution in [0.1, 0.15) is 78.1 Å². The summed E-state index contributed by atoms with van der Waals surface area (Å²) in [7, 11) is 0. The van der Waals surface area contributed by atoms with Crippen LogP contribution in [-0.4, -0.2) is 35.2 Å². The zero-order valence-corrected chi connectivity index (χ0v) is 16.0. The third kappa shape index (κ3) is 7.35. The highest BCUT2D eigenvalue weighted by Crippen LogP contribution is 2.41. The molecule has 0 aromatic rings. The van der Waals surface area contributed by atoms with Crippen molar-refractivity contribution < 1.29 is 19.8 Å². The third-order valence-electron chi connectivity index (χ3n) is 5.77. The van der Waals surface area contributed by atoms with E-state index in [-0.39, 0.29) is 11.8 Å². The normalized spacial score (nSPS) is 21.7. The van der Waals surface area contributed by atoms with E-state index >= 15 is 0 Å². The van der Waals surface area contributed by atoms with Gasteiger partial charge in [-0.2, -0.15) is 0 Å². The van der Waals surface area contributed by atoms with Crippen molar-refractivity contribution in [1.29, 1.82) is 0 Å². The van der Waals surface area contributed by atoms with Crippen LogP contribution in [-0.2, 0) is 9.59 Å². The summed E-state index contributed by atoms with van der Waals surface area (Å²) >= 11 is 0. The molecule has 2 saturated carbocycles. The van der Waals surface area contributed by atoms with Gasteiger partial charge in [0.2, 0.25) is 0 Å². The lowest BCUT2D eigenvalue weighted by molar-refractivity contribution is -0.160. The highest BCUT2D eigenvalue weighted by atomic mass is 16.4. The highest BCUT2D eigenvalue weighted by Gasteiger charge is 2.44. The molecule has 146 valence electrons. The molecule has 2 aliphatic carbocycles. The van der Waals surface area contributed by atoms with Crippen LogP contribution >= 0.6 is 0 Å². The molecule has 2 fully saturated rings. The fourth-order valence-corrected chi connectivity index (χ4v) is 4.53. The maximum atomic E-state index is 11.7. The zero-order valence-electron chi connectivity index (χ0n) is 16.0. The summed E-state index contributed by atoms with van der Waals surface area (Å²) in [5.41, 5.74) is 0. The van der Waals surface area contributed by atoms with Gasteiger partial charge in [0, 0.05) is 0 Å². The van der Waals surface area contributed by atoms with Crippen molar-refractivity contribution in [2.75, 3.05) is 13.1 Å². The van der Waals surface area contributed by atoms with Gasteiger partial charge in [-0.3, -0.25) is 9.59 Å². The number of nitrogens with one attached hydrogen (secondary N) is 1. The number of hydrogen-bond donors (Lipinski definition) is 3. The second-order valence-corrected chi connectivity index (χ2v) is 7.48. The average Bonchev–Trinajstić information content (AvgIpc) is 2.61. The molecule has 3 N–H and O–H groups in total. The van der Waals surface area contributed by atoms with Crippen molar-refractivity contribution in [1.82, 2.24) is 5.32 Å². The SMILES string of the molecule is CCNCC.O=C(O)C(C1CCCCC1)C(C(=O)O)C1CCCCC1. The van der Waals surface area contributed by atoms with Gasteiger partial charge in [-0.1, -0.05) is 52.4 Å². The summed E-state index contributed by atoms with van der Waals surface area (Å²) in [6.07, 6.45) is 10.0. The molecule has 2 atom stereocenters. The van der Waals surface area contributed by atoms with Crippen LogP contribution in [0.15, 0.2) is 0 Å². The molecule has 0 aromatic heterocycles. The van der Waals surface area contributed by atoms with E-state index in [1.807, 2.05) is 0 Å². The lowest BCUT2D eigenvalue weighted by Gasteiger charge is -2.36. The molecule has 2 unspecified atom stereocenters. The quantitative estimate of drug-likeness (QED) is 0.638. The maximum Gasteiger partial charge on any atom is 0.307 e. The van der Waals surface area contributed by atoms with E-state index in [0.29, 0.717) is 0 Å². The molecule has 0 aromatic carbocycles. The van der Waals surface area contributed by atoms with Gasteiger partial charge in [-0.15, -0.1) is 0 Å². The van der Waals surface area contributed by atoms with Crippen molar-refractivity contribution in [3.8, 4) is 0 Å². The molecule has 2 rings (SSSR count). The summed E-state index contributed by atoms with van der Waals surface area (Å²) in [4.78, 5) is 23.4. The van der Waals surface area contributed by atoms with Crippen LogP contribution in [0.25, 0.3) is 0 Å². The molecule has 0 radical (unpaired) electrons. The molecule has 0 spiro atoms. The van der Waals surface area contributed by atoms with Gasteiger partial charge >= 0.3 is 11.9 Å². The number of rotatable bonds is 7. The summed E-state index contributed by atoms with van der Waals surface area (Å²) in [6, 6.07) is 0. The molecule has 0 bridgehead atoms. The van der Waals surface area contributed by atoms with E-state index in [9.17, 15) is 19.8 Å². The first-order valence-corrected chi connectivity index (χ1v) is 10.2. The second-order valence-electron chi connectivity index (χ2n) is 7.48. The number of carboxylic acids is 2. The molecule has 5 nitrogen and oxygen atoms in total. The molecule has 0 amide bonds. The van der Waals surface area contributed by atoms with E-state index < -0.39 is 23.8 Å². The minimum Gasteiger partial charge on any atom is -0.481 e. The van der Waals surface area contributed by atoms with E-state index in [2.05, 4.69) is 19.2 Å². The highest BCUT2D eigenvalue weighted by molar-refractivity contribution is 5.80. The van der Waals surface area contributed by atoms with Gasteiger partial charge in [-0.25, -0.2) is 0 Å². The zero-order chi connectivity index (χ0) is 18.7. The average molecular weight is 356 g/mol. The van der Waals surface area contributed by atoms with Crippen molar-refractivity contribution in [3.63, 3.8) is 0 Å². The fraction of sp³-hybridized carbons (Fsp3) is 0.900. The molecular formula is C20H37NO4. The largest absolute Gasteiger partial charge is 0.481 e. The second kappa shape index (κ2) is 12.3. The Bertz CT molecular complexity index is 351. The Morgan fingerprint density at radius 1 is 0.760 bits per heavy atom. The number of hydrogen-bond acceptors (Lipinski definition) is 3. The Hall–Kier alpha value is -1.10. The fourth-order valence-electron chi connectivity index (χ4n) is 4.53. The van der Waals surface area contributed by atoms with Crippen molar-refractivity contribution in [2.45, 2.75) is 78.1 Å². The number of carbonyl (C=O) groups is 2. The number of carboxylic acid groups (broad SMARTS) is 2. The van der Waals surface area contributed by atoms with Gasteiger partial charge in [0.1, 0.15) is 0 Å². The van der Waals surface area contributed by atoms with Gasteiger partial charge in [0.25, 0.3) is 0 Å². The predicted molar refractivity (Wildman–Crippen MR) is 99.6 cm³/mol. The monoisotopic (exact) mass is 355 g/mol. The van der Waals surface area contributed by atoms with Crippen molar-refractivity contribution >= 4 is 11.9 Å². The first-order chi connectivity index (χ1) is 12.0. The third-order valence-corrected chi connectivity index (χ3v) is 5.77. The van der Waals surface area contributed by atoms with Gasteiger partial charge in [0.05, 0.1) is 11.8 Å². The molecule has 0 heterocycles. The molecule has 5 heteroatoms. The molecule has 2 aliphatic rings. The van der Waals surface area contributed by atoms with Crippen LogP contribution in [0.5, 0.6) is 0 Å². The summed E-state index contributed by atoms with van der Waals surface area (Å²) in [5.74, 6) is -3.04. The van der Waals surface area contributed by atoms with Crippen LogP contribution in [0.2, 0.25) is 0 Å². The first-order valence-electron chi connectivity index (χ1n) is 10.2. The van der Waals surface area contributed by atoms with E-state index in [1.165, 1.54) is 0 Å². The Balaban J connectivity index is 0.000000550. The Morgan fingerprint density at radius 3 is 1.28 bits per heavy atom. The molecule has 0 saturated heterocycles. The maximum absolute atomic E-state index is 11.7. The van der Waals surface area contributed by atoms with Crippen LogP contribution < -0.4 is 5.32 Å². The van der Waals surface area contributed by atoms with Crippen molar-refractivity contribution in [3.05, 3.63) is 0 Å². The topological polar surface area (TPSA) is 86.6 Å².